The molecule has 0 amide bonds. The number of H-pyrrole nitrogens is 1. The monoisotopic (exact) mass is 324 g/mol. The van der Waals surface area contributed by atoms with Crippen LogP contribution in [-0.2, 0) is 16.7 Å². The second-order valence-electron chi connectivity index (χ2n) is 6.51. The standard InChI is InChI=1S/C18H20N4O2/c19-12-18(5-6-18)14-3-1-13(2-4-14)7-20-16-10-23-11-17(16)24-15-8-21-22-9-15/h1-4,8-9,16-17,20H,5-7,10-11H2,(H,21,22)/t16-,17+/m0/s1. The van der Waals surface area contributed by atoms with E-state index in [-0.39, 0.29) is 17.6 Å². The van der Waals surface area contributed by atoms with Crippen LogP contribution in [0.2, 0.25) is 0 Å². The third-order valence-corrected chi connectivity index (χ3v) is 4.83. The van der Waals surface area contributed by atoms with Crippen LogP contribution in [0.15, 0.2) is 36.7 Å². The van der Waals surface area contributed by atoms with Crippen LogP contribution in [0.1, 0.15) is 24.0 Å². The lowest BCUT2D eigenvalue weighted by Crippen LogP contribution is -2.41. The van der Waals surface area contributed by atoms with Crippen LogP contribution in [0.3, 0.4) is 0 Å². The minimum absolute atomic E-state index is 0.0183. The number of nitriles is 1. The SMILES string of the molecule is N#CC1(c2ccc(CN[C@H]3COC[C@H]3Oc3cn[nH]c3)cc2)CC1. The van der Waals surface area contributed by atoms with Gasteiger partial charge in [-0.3, -0.25) is 5.10 Å². The molecule has 0 bridgehead atoms. The zero-order valence-corrected chi connectivity index (χ0v) is 13.4. The molecule has 6 nitrogen and oxygen atoms in total. The number of nitrogens with one attached hydrogen (secondary N) is 2. The highest BCUT2D eigenvalue weighted by molar-refractivity contribution is 5.40. The van der Waals surface area contributed by atoms with Crippen LogP contribution in [-0.4, -0.2) is 35.6 Å². The molecule has 1 aliphatic carbocycles. The summed E-state index contributed by atoms with van der Waals surface area (Å²) < 4.78 is 11.4. The first kappa shape index (κ1) is 15.2. The van der Waals surface area contributed by atoms with Gasteiger partial charge in [-0.05, 0) is 24.0 Å². The number of hydrogen-bond donors (Lipinski definition) is 2. The number of rotatable bonds is 6. The van der Waals surface area contributed by atoms with Gasteiger partial charge in [-0.15, -0.1) is 0 Å². The molecule has 6 heteroatoms. The Hall–Kier alpha value is -2.36. The van der Waals surface area contributed by atoms with E-state index in [0.717, 1.165) is 30.7 Å². The molecule has 2 aromatic rings. The van der Waals surface area contributed by atoms with Crippen molar-refractivity contribution >= 4 is 0 Å². The van der Waals surface area contributed by atoms with E-state index in [2.05, 4.69) is 45.8 Å². The Morgan fingerprint density at radius 1 is 1.33 bits per heavy atom. The van der Waals surface area contributed by atoms with E-state index in [1.807, 2.05) is 0 Å². The molecule has 4 rings (SSSR count). The molecule has 124 valence electrons. The van der Waals surface area contributed by atoms with Crippen molar-refractivity contribution in [3.8, 4) is 11.8 Å². The van der Waals surface area contributed by atoms with Gasteiger partial charge in [0.1, 0.15) is 6.10 Å². The molecule has 1 aromatic heterocycles. The van der Waals surface area contributed by atoms with Crippen molar-refractivity contribution in [2.45, 2.75) is 36.9 Å². The average molecular weight is 324 g/mol. The molecule has 1 aliphatic heterocycles. The highest BCUT2D eigenvalue weighted by Crippen LogP contribution is 2.47. The lowest BCUT2D eigenvalue weighted by molar-refractivity contribution is 0.139. The maximum absolute atomic E-state index is 9.26. The summed E-state index contributed by atoms with van der Waals surface area (Å²) in [5.74, 6) is 0.730. The van der Waals surface area contributed by atoms with Gasteiger partial charge >= 0.3 is 0 Å². The Kier molecular flexibility index (Phi) is 3.97. The minimum Gasteiger partial charge on any atom is -0.483 e. The van der Waals surface area contributed by atoms with E-state index in [1.54, 1.807) is 12.4 Å². The second-order valence-corrected chi connectivity index (χ2v) is 6.51. The van der Waals surface area contributed by atoms with Crippen LogP contribution in [0, 0.1) is 11.3 Å². The molecule has 0 radical (unpaired) electrons. The van der Waals surface area contributed by atoms with Gasteiger partial charge in [-0.1, -0.05) is 24.3 Å². The van der Waals surface area contributed by atoms with E-state index in [0.29, 0.717) is 13.2 Å². The minimum atomic E-state index is -0.214. The zero-order chi connectivity index (χ0) is 16.4. The number of hydrogen-bond acceptors (Lipinski definition) is 5. The van der Waals surface area contributed by atoms with Gasteiger partial charge in [0.25, 0.3) is 0 Å². The Balaban J connectivity index is 1.33. The molecule has 2 N–H and O–H groups in total. The summed E-state index contributed by atoms with van der Waals surface area (Å²) in [5, 5.41) is 19.4. The molecular formula is C18H20N4O2. The number of aromatic nitrogens is 2. The fourth-order valence-corrected chi connectivity index (χ4v) is 3.10. The van der Waals surface area contributed by atoms with Crippen molar-refractivity contribution < 1.29 is 9.47 Å². The molecule has 1 aromatic carbocycles. The van der Waals surface area contributed by atoms with Crippen LogP contribution in [0.4, 0.5) is 0 Å². The smallest absolute Gasteiger partial charge is 0.157 e. The third kappa shape index (κ3) is 3.01. The van der Waals surface area contributed by atoms with Crippen molar-refractivity contribution in [3.05, 3.63) is 47.8 Å². The van der Waals surface area contributed by atoms with Gasteiger partial charge < -0.3 is 14.8 Å². The van der Waals surface area contributed by atoms with Crippen LogP contribution >= 0.6 is 0 Å². The van der Waals surface area contributed by atoms with E-state index < -0.39 is 0 Å². The Labute approximate surface area is 140 Å². The second kappa shape index (κ2) is 6.27. The largest absolute Gasteiger partial charge is 0.483 e. The van der Waals surface area contributed by atoms with E-state index in [9.17, 15) is 5.26 Å². The predicted octanol–water partition coefficient (Wildman–Crippen LogP) is 1.90. The highest BCUT2D eigenvalue weighted by atomic mass is 16.5. The lowest BCUT2D eigenvalue weighted by Gasteiger charge is -2.20. The number of aromatic amines is 1. The summed E-state index contributed by atoms with van der Waals surface area (Å²) in [7, 11) is 0. The number of ether oxygens (including phenoxy) is 2. The molecule has 2 heterocycles. The molecule has 1 saturated carbocycles. The summed E-state index contributed by atoms with van der Waals surface area (Å²) in [6, 6.07) is 10.9. The van der Waals surface area contributed by atoms with Gasteiger partial charge in [0.05, 0.1) is 43.1 Å². The summed E-state index contributed by atoms with van der Waals surface area (Å²) in [4.78, 5) is 0. The first-order chi connectivity index (χ1) is 11.8. The molecular weight excluding hydrogens is 304 g/mol. The first-order valence-corrected chi connectivity index (χ1v) is 8.26. The van der Waals surface area contributed by atoms with Crippen LogP contribution < -0.4 is 10.1 Å². The average Bonchev–Trinajstić information content (AvgIpc) is 3.02. The zero-order valence-electron chi connectivity index (χ0n) is 13.4. The maximum Gasteiger partial charge on any atom is 0.157 e. The maximum atomic E-state index is 9.26. The lowest BCUT2D eigenvalue weighted by atomic mass is 9.96. The molecule has 1 saturated heterocycles. The molecule has 0 spiro atoms. The predicted molar refractivity (Wildman–Crippen MR) is 87.4 cm³/mol. The Morgan fingerprint density at radius 2 is 2.17 bits per heavy atom. The van der Waals surface area contributed by atoms with E-state index >= 15 is 0 Å². The quantitative estimate of drug-likeness (QED) is 0.848. The molecule has 0 unspecified atom stereocenters. The first-order valence-electron chi connectivity index (χ1n) is 8.26. The van der Waals surface area contributed by atoms with Gasteiger partial charge in [0.2, 0.25) is 0 Å². The number of nitrogens with zero attached hydrogens (tertiary/aromatic N) is 2. The van der Waals surface area contributed by atoms with Crippen LogP contribution in [0.25, 0.3) is 0 Å². The molecule has 2 fully saturated rings. The van der Waals surface area contributed by atoms with E-state index in [4.69, 9.17) is 9.47 Å². The molecule has 2 atom stereocenters. The van der Waals surface area contributed by atoms with Crippen molar-refractivity contribution in [2.24, 2.45) is 0 Å². The Morgan fingerprint density at radius 3 is 2.83 bits per heavy atom. The van der Waals surface area contributed by atoms with Gasteiger partial charge in [-0.25, -0.2) is 0 Å². The summed E-state index contributed by atoms with van der Waals surface area (Å²) >= 11 is 0. The Bertz CT molecular complexity index is 716. The number of benzene rings is 1. The highest BCUT2D eigenvalue weighted by Gasteiger charge is 2.44. The fourth-order valence-electron chi connectivity index (χ4n) is 3.10. The third-order valence-electron chi connectivity index (χ3n) is 4.83. The van der Waals surface area contributed by atoms with Gasteiger partial charge in [-0.2, -0.15) is 10.4 Å². The van der Waals surface area contributed by atoms with Crippen molar-refractivity contribution in [1.82, 2.24) is 15.5 Å². The van der Waals surface area contributed by atoms with E-state index in [1.165, 1.54) is 5.56 Å². The van der Waals surface area contributed by atoms with Crippen molar-refractivity contribution in [3.63, 3.8) is 0 Å². The van der Waals surface area contributed by atoms with Crippen molar-refractivity contribution in [1.29, 1.82) is 5.26 Å². The van der Waals surface area contributed by atoms with Gasteiger partial charge in [0, 0.05) is 6.54 Å². The molecule has 24 heavy (non-hydrogen) atoms. The molecule has 2 aliphatic rings. The van der Waals surface area contributed by atoms with Crippen molar-refractivity contribution in [2.75, 3.05) is 13.2 Å². The summed E-state index contributed by atoms with van der Waals surface area (Å²) in [6.07, 6.45) is 5.34. The topological polar surface area (TPSA) is 83.0 Å². The van der Waals surface area contributed by atoms with Crippen LogP contribution in [0.5, 0.6) is 5.75 Å². The summed E-state index contributed by atoms with van der Waals surface area (Å²) in [6.45, 7) is 1.96. The fraction of sp³-hybridized carbons (Fsp3) is 0.444. The summed E-state index contributed by atoms with van der Waals surface area (Å²) in [5.41, 5.74) is 2.12. The normalized spacial score (nSPS) is 24.5. The van der Waals surface area contributed by atoms with Gasteiger partial charge in [0.15, 0.2) is 5.75 Å².